The molecule has 0 aliphatic heterocycles. The zero-order valence-corrected chi connectivity index (χ0v) is 10.3. The molecule has 0 saturated carbocycles. The summed E-state index contributed by atoms with van der Waals surface area (Å²) in [5, 5.41) is 21.7. The molecule has 3 nitrogen and oxygen atoms in total. The van der Waals surface area contributed by atoms with E-state index in [4.69, 9.17) is 5.11 Å². The first-order valence-corrected chi connectivity index (χ1v) is 5.72. The quantitative estimate of drug-likeness (QED) is 0.768. The lowest BCUT2D eigenvalue weighted by Gasteiger charge is -2.10. The molecule has 0 spiro atoms. The zero-order valence-electron chi connectivity index (χ0n) is 8.70. The smallest absolute Gasteiger partial charge is 0.134 e. The Morgan fingerprint density at radius 3 is 2.87 bits per heavy atom. The van der Waals surface area contributed by atoms with E-state index < -0.39 is 0 Å². The van der Waals surface area contributed by atoms with Crippen molar-refractivity contribution in [2.24, 2.45) is 5.92 Å². The topological polar surface area (TPSA) is 52.5 Å². The lowest BCUT2D eigenvalue weighted by atomic mass is 10.1. The molecule has 0 aliphatic rings. The van der Waals surface area contributed by atoms with Gasteiger partial charge in [-0.1, -0.05) is 19.1 Å². The molecule has 0 aliphatic carbocycles. The fourth-order valence-electron chi connectivity index (χ4n) is 1.22. The van der Waals surface area contributed by atoms with Crippen LogP contribution in [-0.2, 0) is 6.54 Å². The van der Waals surface area contributed by atoms with Gasteiger partial charge in [0, 0.05) is 25.3 Å². The van der Waals surface area contributed by atoms with Crippen LogP contribution in [-0.4, -0.2) is 23.4 Å². The van der Waals surface area contributed by atoms with Crippen molar-refractivity contribution in [2.45, 2.75) is 13.5 Å². The number of para-hydroxylation sites is 1. The van der Waals surface area contributed by atoms with E-state index in [9.17, 15) is 5.11 Å². The van der Waals surface area contributed by atoms with Crippen LogP contribution in [0.4, 0.5) is 0 Å². The van der Waals surface area contributed by atoms with Crippen molar-refractivity contribution in [2.75, 3.05) is 13.2 Å². The fraction of sp³-hybridized carbons (Fsp3) is 0.455. The Bertz CT molecular complexity index is 317. The highest BCUT2D eigenvalue weighted by Crippen LogP contribution is 2.27. The normalized spacial score (nSPS) is 12.7. The van der Waals surface area contributed by atoms with Crippen molar-refractivity contribution >= 4 is 15.9 Å². The molecule has 3 N–H and O–H groups in total. The number of nitrogens with one attached hydrogen (secondary N) is 1. The predicted octanol–water partition coefficient (Wildman–Crippen LogP) is 1.87. The average molecular weight is 274 g/mol. The first-order valence-electron chi connectivity index (χ1n) is 4.93. The van der Waals surface area contributed by atoms with Crippen LogP contribution in [0.3, 0.4) is 0 Å². The minimum Gasteiger partial charge on any atom is -0.506 e. The van der Waals surface area contributed by atoms with Crippen LogP contribution in [0.25, 0.3) is 0 Å². The molecule has 0 saturated heterocycles. The summed E-state index contributed by atoms with van der Waals surface area (Å²) in [6.45, 7) is 3.49. The van der Waals surface area contributed by atoms with Gasteiger partial charge >= 0.3 is 0 Å². The Labute approximate surface area is 98.3 Å². The van der Waals surface area contributed by atoms with Crippen LogP contribution in [0.5, 0.6) is 5.75 Å². The van der Waals surface area contributed by atoms with Crippen LogP contribution < -0.4 is 5.32 Å². The van der Waals surface area contributed by atoms with Crippen LogP contribution in [0.1, 0.15) is 12.5 Å². The molecule has 0 fully saturated rings. The monoisotopic (exact) mass is 273 g/mol. The minimum absolute atomic E-state index is 0.178. The van der Waals surface area contributed by atoms with Gasteiger partial charge in [-0.05, 0) is 27.9 Å². The summed E-state index contributed by atoms with van der Waals surface area (Å²) in [6, 6.07) is 5.56. The molecule has 1 aromatic carbocycles. The maximum Gasteiger partial charge on any atom is 0.134 e. The second-order valence-electron chi connectivity index (χ2n) is 3.67. The molecule has 15 heavy (non-hydrogen) atoms. The number of aliphatic hydroxyl groups excluding tert-OH is 1. The second-order valence-corrected chi connectivity index (χ2v) is 4.52. The maximum atomic E-state index is 9.68. The number of hydrogen-bond acceptors (Lipinski definition) is 3. The molecule has 0 amide bonds. The summed E-state index contributed by atoms with van der Waals surface area (Å²) in [5.74, 6) is 0.515. The van der Waals surface area contributed by atoms with Gasteiger partial charge in [0.15, 0.2) is 0 Å². The van der Waals surface area contributed by atoms with E-state index in [0.29, 0.717) is 11.0 Å². The van der Waals surface area contributed by atoms with E-state index >= 15 is 0 Å². The molecule has 0 heterocycles. The first-order chi connectivity index (χ1) is 7.15. The van der Waals surface area contributed by atoms with Crippen LogP contribution in [0.2, 0.25) is 0 Å². The Morgan fingerprint density at radius 1 is 1.47 bits per heavy atom. The Hall–Kier alpha value is -0.580. The molecule has 1 aromatic rings. The van der Waals surface area contributed by atoms with E-state index in [2.05, 4.69) is 21.2 Å². The second kappa shape index (κ2) is 6.10. The number of phenolic OH excluding ortho intramolecular Hbond substituents is 1. The van der Waals surface area contributed by atoms with Crippen LogP contribution in [0.15, 0.2) is 22.7 Å². The van der Waals surface area contributed by atoms with Crippen LogP contribution >= 0.6 is 15.9 Å². The first kappa shape index (κ1) is 12.5. The summed E-state index contributed by atoms with van der Waals surface area (Å²) in [7, 11) is 0. The Balaban J connectivity index is 2.47. The molecule has 1 atom stereocenters. The highest BCUT2D eigenvalue weighted by molar-refractivity contribution is 9.10. The van der Waals surface area contributed by atoms with Gasteiger partial charge < -0.3 is 15.5 Å². The molecule has 1 rings (SSSR count). The zero-order chi connectivity index (χ0) is 11.3. The van der Waals surface area contributed by atoms with E-state index in [1.807, 2.05) is 19.1 Å². The van der Waals surface area contributed by atoms with Crippen molar-refractivity contribution in [1.29, 1.82) is 0 Å². The number of aromatic hydroxyl groups is 1. The highest BCUT2D eigenvalue weighted by atomic mass is 79.9. The number of halogens is 1. The minimum atomic E-state index is 0.178. The third kappa shape index (κ3) is 3.81. The Kier molecular flexibility index (Phi) is 5.08. The molecule has 0 radical (unpaired) electrons. The third-order valence-corrected chi connectivity index (χ3v) is 2.83. The van der Waals surface area contributed by atoms with Crippen molar-refractivity contribution in [3.05, 3.63) is 28.2 Å². The van der Waals surface area contributed by atoms with Crippen molar-refractivity contribution in [3.8, 4) is 5.75 Å². The van der Waals surface area contributed by atoms with Gasteiger partial charge in [0.2, 0.25) is 0 Å². The standard InChI is InChI=1S/C11H16BrNO2/c1-8(7-14)5-13-6-9-3-2-4-10(12)11(9)15/h2-4,8,13-15H,5-7H2,1H3. The summed E-state index contributed by atoms with van der Waals surface area (Å²) < 4.78 is 0.706. The maximum absolute atomic E-state index is 9.68. The summed E-state index contributed by atoms with van der Waals surface area (Å²) in [6.07, 6.45) is 0. The van der Waals surface area contributed by atoms with E-state index in [-0.39, 0.29) is 18.3 Å². The molecule has 4 heteroatoms. The molecular formula is C11H16BrNO2. The molecule has 0 aromatic heterocycles. The van der Waals surface area contributed by atoms with Crippen molar-refractivity contribution < 1.29 is 10.2 Å². The van der Waals surface area contributed by atoms with Gasteiger partial charge in [0.25, 0.3) is 0 Å². The summed E-state index contributed by atoms with van der Waals surface area (Å²) in [4.78, 5) is 0. The molecule has 0 bridgehead atoms. The largest absolute Gasteiger partial charge is 0.506 e. The number of hydrogen-bond donors (Lipinski definition) is 3. The van der Waals surface area contributed by atoms with Gasteiger partial charge in [-0.25, -0.2) is 0 Å². The van der Waals surface area contributed by atoms with E-state index in [0.717, 1.165) is 12.1 Å². The number of aliphatic hydroxyl groups is 1. The highest BCUT2D eigenvalue weighted by Gasteiger charge is 2.05. The number of phenols is 1. The Morgan fingerprint density at radius 2 is 2.20 bits per heavy atom. The lowest BCUT2D eigenvalue weighted by Crippen LogP contribution is -2.22. The van der Waals surface area contributed by atoms with Gasteiger partial charge in [-0.3, -0.25) is 0 Å². The molecule has 1 unspecified atom stereocenters. The summed E-state index contributed by atoms with van der Waals surface area (Å²) >= 11 is 3.26. The lowest BCUT2D eigenvalue weighted by molar-refractivity contribution is 0.233. The van der Waals surface area contributed by atoms with Gasteiger partial charge in [-0.15, -0.1) is 0 Å². The number of benzene rings is 1. The van der Waals surface area contributed by atoms with Crippen LogP contribution in [0, 0.1) is 5.92 Å². The molecule has 84 valence electrons. The average Bonchev–Trinajstić information content (AvgIpc) is 2.24. The number of rotatable bonds is 5. The van der Waals surface area contributed by atoms with E-state index in [1.165, 1.54) is 0 Å². The molecular weight excluding hydrogens is 258 g/mol. The SMILES string of the molecule is CC(CO)CNCc1cccc(Br)c1O. The summed E-state index contributed by atoms with van der Waals surface area (Å²) in [5.41, 5.74) is 0.856. The fourth-order valence-corrected chi connectivity index (χ4v) is 1.63. The van der Waals surface area contributed by atoms with Gasteiger partial charge in [0.05, 0.1) is 4.47 Å². The van der Waals surface area contributed by atoms with Crippen molar-refractivity contribution in [1.82, 2.24) is 5.32 Å². The van der Waals surface area contributed by atoms with Crippen molar-refractivity contribution in [3.63, 3.8) is 0 Å². The van der Waals surface area contributed by atoms with Gasteiger partial charge in [0.1, 0.15) is 5.75 Å². The predicted molar refractivity (Wildman–Crippen MR) is 63.8 cm³/mol. The third-order valence-electron chi connectivity index (χ3n) is 2.19. The van der Waals surface area contributed by atoms with E-state index in [1.54, 1.807) is 6.07 Å². The van der Waals surface area contributed by atoms with Gasteiger partial charge in [-0.2, -0.15) is 0 Å².